The van der Waals surface area contributed by atoms with Crippen LogP contribution < -0.4 is 20.9 Å². The third kappa shape index (κ3) is 7.66. The highest BCUT2D eigenvalue weighted by molar-refractivity contribution is 5.99. The van der Waals surface area contributed by atoms with Gasteiger partial charge >= 0.3 is 17.9 Å². The van der Waals surface area contributed by atoms with Gasteiger partial charge in [-0.3, -0.25) is 14.4 Å². The summed E-state index contributed by atoms with van der Waals surface area (Å²) in [5.74, 6) is -4.67. The Labute approximate surface area is 259 Å². The third-order valence-corrected chi connectivity index (χ3v) is 7.29. The zero-order valence-electron chi connectivity index (χ0n) is 24.4. The van der Waals surface area contributed by atoms with Crippen LogP contribution in [0.4, 0.5) is 5.69 Å². The maximum Gasteiger partial charge on any atom is 0.343 e. The van der Waals surface area contributed by atoms with Crippen LogP contribution in [0.3, 0.4) is 0 Å². The van der Waals surface area contributed by atoms with E-state index in [-0.39, 0.29) is 48.0 Å². The molecule has 1 amide bonds. The molecule has 0 saturated carbocycles. The molecule has 0 unspecified atom stereocenters. The van der Waals surface area contributed by atoms with Gasteiger partial charge in [-0.25, -0.2) is 4.79 Å². The Morgan fingerprint density at radius 3 is 2.16 bits per heavy atom. The molecule has 5 rings (SSSR count). The van der Waals surface area contributed by atoms with Crippen molar-refractivity contribution in [1.29, 1.82) is 0 Å². The Morgan fingerprint density at radius 2 is 1.49 bits per heavy atom. The monoisotopic (exact) mass is 608 g/mol. The highest BCUT2D eigenvalue weighted by Gasteiger charge is 2.34. The highest BCUT2D eigenvalue weighted by Crippen LogP contribution is 2.42. The largest absolute Gasteiger partial charge is 0.489 e. The lowest BCUT2D eigenvalue weighted by Gasteiger charge is -2.23. The standard InChI is InChI=1S/C35H32N2O8/c36-25-13-14-26-24(18-25)12-7-17-42-31-28(33(37)39)16-15-27(32(31)45-35(26)41)29(34(40)44-21-23-10-5-2-6-11-23)19-30(38)43-20-22-8-3-1-4-9-22/h1-6,8-11,13-16,18,29H,7,12,17,19-21,36H2,(H2,37,39)/t29-/m1/s1. The number of esters is 3. The van der Waals surface area contributed by atoms with E-state index in [4.69, 9.17) is 30.4 Å². The Bertz CT molecular complexity index is 1710. The number of nitrogen functional groups attached to an aromatic ring is 1. The van der Waals surface area contributed by atoms with Crippen molar-refractivity contribution in [3.05, 3.63) is 124 Å². The lowest BCUT2D eigenvalue weighted by molar-refractivity contribution is -0.153. The molecule has 0 radical (unpaired) electrons. The first-order chi connectivity index (χ1) is 21.8. The van der Waals surface area contributed by atoms with Crippen molar-refractivity contribution < 1.29 is 38.1 Å². The van der Waals surface area contributed by atoms with E-state index in [2.05, 4.69) is 0 Å². The molecular formula is C35H32N2O8. The molecular weight excluding hydrogens is 576 g/mol. The molecule has 4 aromatic carbocycles. The first-order valence-electron chi connectivity index (χ1n) is 14.4. The molecule has 1 aliphatic rings. The smallest absolute Gasteiger partial charge is 0.343 e. The molecule has 0 bridgehead atoms. The molecule has 10 heteroatoms. The Kier molecular flexibility index (Phi) is 9.74. The number of amides is 1. The first kappa shape index (κ1) is 30.8. The van der Waals surface area contributed by atoms with Crippen LogP contribution in [0.1, 0.15) is 61.7 Å². The zero-order chi connectivity index (χ0) is 31.8. The highest BCUT2D eigenvalue weighted by atomic mass is 16.6. The predicted octanol–water partition coefficient (Wildman–Crippen LogP) is 4.87. The second-order valence-electron chi connectivity index (χ2n) is 10.5. The molecule has 0 spiro atoms. The molecule has 1 heterocycles. The second-order valence-corrected chi connectivity index (χ2v) is 10.5. The fourth-order valence-corrected chi connectivity index (χ4v) is 5.01. The number of fused-ring (bicyclic) bond motifs is 2. The lowest BCUT2D eigenvalue weighted by atomic mass is 9.92. The van der Waals surface area contributed by atoms with E-state index in [1.165, 1.54) is 12.1 Å². The summed E-state index contributed by atoms with van der Waals surface area (Å²) in [7, 11) is 0. The van der Waals surface area contributed by atoms with Gasteiger partial charge in [-0.2, -0.15) is 0 Å². The van der Waals surface area contributed by atoms with Gasteiger partial charge in [0.2, 0.25) is 0 Å². The van der Waals surface area contributed by atoms with Gasteiger partial charge < -0.3 is 30.4 Å². The summed E-state index contributed by atoms with van der Waals surface area (Å²) in [5.41, 5.74) is 14.6. The van der Waals surface area contributed by atoms with E-state index in [0.717, 1.165) is 11.1 Å². The number of ether oxygens (including phenoxy) is 4. The molecule has 45 heavy (non-hydrogen) atoms. The minimum absolute atomic E-state index is 0.0117. The molecule has 1 atom stereocenters. The van der Waals surface area contributed by atoms with Crippen molar-refractivity contribution in [1.82, 2.24) is 0 Å². The van der Waals surface area contributed by atoms with Crippen LogP contribution in [0.5, 0.6) is 11.5 Å². The summed E-state index contributed by atoms with van der Waals surface area (Å²) in [4.78, 5) is 52.9. The quantitative estimate of drug-likeness (QED) is 0.154. The van der Waals surface area contributed by atoms with E-state index in [9.17, 15) is 19.2 Å². The van der Waals surface area contributed by atoms with Crippen molar-refractivity contribution in [2.45, 2.75) is 38.4 Å². The number of carbonyl (C=O) groups is 4. The average molecular weight is 609 g/mol. The number of hydrogen-bond donors (Lipinski definition) is 2. The normalized spacial score (nSPS) is 13.2. The van der Waals surface area contributed by atoms with E-state index >= 15 is 0 Å². The number of benzene rings is 4. The van der Waals surface area contributed by atoms with Crippen LogP contribution >= 0.6 is 0 Å². The van der Waals surface area contributed by atoms with E-state index in [1.54, 1.807) is 54.6 Å². The van der Waals surface area contributed by atoms with Gasteiger partial charge in [-0.1, -0.05) is 66.7 Å². The number of rotatable bonds is 9. The fraction of sp³-hybridized carbons (Fsp3) is 0.200. The molecule has 0 aliphatic carbocycles. The summed E-state index contributed by atoms with van der Waals surface area (Å²) in [6.07, 6.45) is 0.478. The molecule has 4 N–H and O–H groups in total. The molecule has 1 aliphatic heterocycles. The van der Waals surface area contributed by atoms with Crippen molar-refractivity contribution in [2.24, 2.45) is 5.73 Å². The number of hydrogen-bond acceptors (Lipinski definition) is 9. The van der Waals surface area contributed by atoms with Gasteiger partial charge in [0.05, 0.1) is 30.1 Å². The number of anilines is 1. The third-order valence-electron chi connectivity index (χ3n) is 7.29. The average Bonchev–Trinajstić information content (AvgIpc) is 3.04. The van der Waals surface area contributed by atoms with Crippen molar-refractivity contribution in [3.63, 3.8) is 0 Å². The predicted molar refractivity (Wildman–Crippen MR) is 164 cm³/mol. The van der Waals surface area contributed by atoms with E-state index in [0.29, 0.717) is 24.1 Å². The maximum atomic E-state index is 13.7. The van der Waals surface area contributed by atoms with Crippen LogP contribution in [0.2, 0.25) is 0 Å². The molecule has 0 saturated heterocycles. The molecule has 230 valence electrons. The summed E-state index contributed by atoms with van der Waals surface area (Å²) in [6, 6.07) is 25.7. The van der Waals surface area contributed by atoms with Crippen LogP contribution in [-0.4, -0.2) is 30.4 Å². The minimum Gasteiger partial charge on any atom is -0.489 e. The van der Waals surface area contributed by atoms with Crippen LogP contribution in [0, 0.1) is 0 Å². The van der Waals surface area contributed by atoms with Crippen molar-refractivity contribution in [2.75, 3.05) is 12.3 Å². The van der Waals surface area contributed by atoms with Gasteiger partial charge in [0, 0.05) is 11.3 Å². The van der Waals surface area contributed by atoms with E-state index < -0.39 is 36.2 Å². The minimum atomic E-state index is -1.29. The van der Waals surface area contributed by atoms with Gasteiger partial charge in [-0.15, -0.1) is 0 Å². The van der Waals surface area contributed by atoms with Crippen molar-refractivity contribution in [3.8, 4) is 11.5 Å². The van der Waals surface area contributed by atoms with Gasteiger partial charge in [0.25, 0.3) is 5.91 Å². The topological polar surface area (TPSA) is 157 Å². The summed E-state index contributed by atoms with van der Waals surface area (Å²) < 4.78 is 23.0. The SMILES string of the molecule is NC(=O)c1ccc([C@@H](CC(=O)OCc2ccccc2)C(=O)OCc2ccccc2)c2c1OCCCc1cc(N)ccc1C(=O)O2. The van der Waals surface area contributed by atoms with Crippen LogP contribution in [0.15, 0.2) is 91.0 Å². The zero-order valence-corrected chi connectivity index (χ0v) is 24.4. The first-order valence-corrected chi connectivity index (χ1v) is 14.4. The lowest BCUT2D eigenvalue weighted by Crippen LogP contribution is -2.24. The fourth-order valence-electron chi connectivity index (χ4n) is 5.01. The van der Waals surface area contributed by atoms with E-state index in [1.807, 2.05) is 24.3 Å². The molecule has 0 aromatic heterocycles. The number of primary amides is 1. The van der Waals surface area contributed by atoms with Gasteiger partial charge in [0.1, 0.15) is 13.2 Å². The maximum absolute atomic E-state index is 13.7. The van der Waals surface area contributed by atoms with Gasteiger partial charge in [0.15, 0.2) is 11.5 Å². The van der Waals surface area contributed by atoms with Crippen LogP contribution in [-0.2, 0) is 38.7 Å². The molecule has 4 aromatic rings. The summed E-state index contributed by atoms with van der Waals surface area (Å²) in [6.45, 7) is 0.0504. The van der Waals surface area contributed by atoms with Gasteiger partial charge in [-0.05, 0) is 53.8 Å². The molecule has 10 nitrogen and oxygen atoms in total. The second kappa shape index (κ2) is 14.2. The Balaban J connectivity index is 1.54. The Hall–Kier alpha value is -5.64. The Morgan fingerprint density at radius 1 is 0.822 bits per heavy atom. The number of nitrogens with two attached hydrogens (primary N) is 2. The molecule has 0 fully saturated rings. The summed E-state index contributed by atoms with van der Waals surface area (Å²) >= 11 is 0. The summed E-state index contributed by atoms with van der Waals surface area (Å²) in [5, 5.41) is 0. The number of carbonyl (C=O) groups excluding carboxylic acids is 4. The number of aryl methyl sites for hydroxylation is 1. The van der Waals surface area contributed by atoms with Crippen LogP contribution in [0.25, 0.3) is 0 Å². The van der Waals surface area contributed by atoms with Crippen molar-refractivity contribution >= 4 is 29.5 Å².